The number of nitrogens with zero attached hydrogens (tertiary/aromatic N) is 1. The molecule has 0 aliphatic heterocycles. The molecule has 0 aliphatic rings. The molecule has 0 radical (unpaired) electrons. The van der Waals surface area contributed by atoms with E-state index in [-0.39, 0.29) is 17.4 Å². The number of carboxylic acids is 1. The monoisotopic (exact) mass is 322 g/mol. The van der Waals surface area contributed by atoms with Crippen molar-refractivity contribution in [2.45, 2.75) is 6.92 Å². The van der Waals surface area contributed by atoms with Crippen molar-refractivity contribution in [1.29, 1.82) is 0 Å². The molecule has 1 aromatic heterocycles. The molecular formula is C14H14N2O3S2. The Kier molecular flexibility index (Phi) is 5.35. The molecule has 0 atom stereocenters. The molecule has 2 N–H and O–H groups in total. The molecule has 0 unspecified atom stereocenters. The van der Waals surface area contributed by atoms with Gasteiger partial charge in [0.05, 0.1) is 17.2 Å². The average molecular weight is 322 g/mol. The third-order valence-corrected chi connectivity index (χ3v) is 4.23. The first-order valence-electron chi connectivity index (χ1n) is 6.16. The van der Waals surface area contributed by atoms with E-state index in [4.69, 9.17) is 5.11 Å². The lowest BCUT2D eigenvalue weighted by atomic mass is 10.1. The van der Waals surface area contributed by atoms with Crippen LogP contribution in [0.15, 0.2) is 29.6 Å². The number of thiazole rings is 1. The van der Waals surface area contributed by atoms with Crippen LogP contribution in [-0.4, -0.2) is 33.5 Å². The highest BCUT2D eigenvalue weighted by Crippen LogP contribution is 2.25. The van der Waals surface area contributed by atoms with Crippen LogP contribution in [0.2, 0.25) is 0 Å². The number of anilines is 1. The normalized spacial score (nSPS) is 10.3. The van der Waals surface area contributed by atoms with E-state index in [1.54, 1.807) is 0 Å². The van der Waals surface area contributed by atoms with Crippen LogP contribution in [0.1, 0.15) is 5.56 Å². The van der Waals surface area contributed by atoms with Crippen LogP contribution in [0.4, 0.5) is 5.13 Å². The fourth-order valence-electron chi connectivity index (χ4n) is 1.57. The molecule has 110 valence electrons. The molecule has 0 saturated carbocycles. The Morgan fingerprint density at radius 1 is 1.29 bits per heavy atom. The predicted octanol–water partition coefficient (Wildman–Crippen LogP) is 2.87. The molecule has 21 heavy (non-hydrogen) atoms. The molecular weight excluding hydrogens is 308 g/mol. The first kappa shape index (κ1) is 15.5. The Hall–Kier alpha value is -1.86. The summed E-state index contributed by atoms with van der Waals surface area (Å²) < 4.78 is 0. The van der Waals surface area contributed by atoms with Gasteiger partial charge in [0.1, 0.15) is 0 Å². The van der Waals surface area contributed by atoms with Gasteiger partial charge in [-0.25, -0.2) is 4.98 Å². The maximum absolute atomic E-state index is 11.6. The number of carboxylic acid groups (broad SMARTS) is 1. The average Bonchev–Trinajstić information content (AvgIpc) is 2.87. The number of aliphatic carboxylic acids is 1. The third-order valence-electron chi connectivity index (χ3n) is 2.56. The van der Waals surface area contributed by atoms with Gasteiger partial charge in [0.25, 0.3) is 0 Å². The number of carbonyl (C=O) groups excluding carboxylic acids is 1. The summed E-state index contributed by atoms with van der Waals surface area (Å²) in [5.41, 5.74) is 2.99. The van der Waals surface area contributed by atoms with Gasteiger partial charge >= 0.3 is 5.97 Å². The van der Waals surface area contributed by atoms with Crippen molar-refractivity contribution in [3.8, 4) is 11.3 Å². The molecule has 0 spiro atoms. The largest absolute Gasteiger partial charge is 0.481 e. The lowest BCUT2D eigenvalue weighted by molar-refractivity contribution is -0.133. The topological polar surface area (TPSA) is 79.3 Å². The Labute approximate surface area is 130 Å². The van der Waals surface area contributed by atoms with Crippen molar-refractivity contribution >= 4 is 40.1 Å². The van der Waals surface area contributed by atoms with Crippen molar-refractivity contribution in [1.82, 2.24) is 4.98 Å². The summed E-state index contributed by atoms with van der Waals surface area (Å²) >= 11 is 2.41. The summed E-state index contributed by atoms with van der Waals surface area (Å²) in [6, 6.07) is 7.99. The van der Waals surface area contributed by atoms with Crippen molar-refractivity contribution in [2.24, 2.45) is 0 Å². The number of rotatable bonds is 6. The molecule has 2 aromatic rings. The first-order valence-corrected chi connectivity index (χ1v) is 8.20. The number of carbonyl (C=O) groups is 2. The molecule has 1 aromatic carbocycles. The molecule has 0 bridgehead atoms. The van der Waals surface area contributed by atoms with Gasteiger partial charge in [-0.05, 0) is 6.92 Å². The van der Waals surface area contributed by atoms with E-state index in [2.05, 4.69) is 10.3 Å². The van der Waals surface area contributed by atoms with Crippen LogP contribution in [0.5, 0.6) is 0 Å². The number of amides is 1. The second-order valence-corrected chi connectivity index (χ2v) is 6.18. The van der Waals surface area contributed by atoms with Crippen molar-refractivity contribution < 1.29 is 14.7 Å². The first-order chi connectivity index (χ1) is 10.0. The van der Waals surface area contributed by atoms with Crippen LogP contribution in [0.3, 0.4) is 0 Å². The summed E-state index contributed by atoms with van der Waals surface area (Å²) in [4.78, 5) is 26.3. The second-order valence-electron chi connectivity index (χ2n) is 4.34. The number of aromatic nitrogens is 1. The lowest BCUT2D eigenvalue weighted by Crippen LogP contribution is -2.15. The maximum atomic E-state index is 11.6. The minimum absolute atomic E-state index is 0.0834. The van der Waals surface area contributed by atoms with Gasteiger partial charge in [-0.2, -0.15) is 0 Å². The zero-order valence-electron chi connectivity index (χ0n) is 11.3. The highest BCUT2D eigenvalue weighted by molar-refractivity contribution is 8.00. The third kappa shape index (κ3) is 4.87. The van der Waals surface area contributed by atoms with E-state index in [9.17, 15) is 9.59 Å². The highest BCUT2D eigenvalue weighted by Gasteiger charge is 2.09. The van der Waals surface area contributed by atoms with Crippen LogP contribution in [-0.2, 0) is 9.59 Å². The smallest absolute Gasteiger partial charge is 0.313 e. The van der Waals surface area contributed by atoms with Crippen molar-refractivity contribution in [3.05, 3.63) is 35.2 Å². The summed E-state index contributed by atoms with van der Waals surface area (Å²) in [7, 11) is 0. The maximum Gasteiger partial charge on any atom is 0.313 e. The number of thioether (sulfide) groups is 1. The van der Waals surface area contributed by atoms with Gasteiger partial charge < -0.3 is 10.4 Å². The summed E-state index contributed by atoms with van der Waals surface area (Å²) in [6.07, 6.45) is 0. The fraction of sp³-hybridized carbons (Fsp3) is 0.214. The number of aryl methyl sites for hydroxylation is 1. The summed E-state index contributed by atoms with van der Waals surface area (Å²) in [5.74, 6) is -1.15. The van der Waals surface area contributed by atoms with Crippen LogP contribution in [0, 0.1) is 6.92 Å². The molecule has 0 fully saturated rings. The Bertz CT molecular complexity index is 638. The molecule has 0 aliphatic carbocycles. The van der Waals surface area contributed by atoms with Crippen LogP contribution >= 0.6 is 23.1 Å². The Balaban J connectivity index is 1.92. The Morgan fingerprint density at radius 3 is 2.67 bits per heavy atom. The van der Waals surface area contributed by atoms with E-state index in [1.807, 2.05) is 36.6 Å². The van der Waals surface area contributed by atoms with E-state index in [0.717, 1.165) is 23.0 Å². The van der Waals surface area contributed by atoms with Crippen LogP contribution in [0.25, 0.3) is 11.3 Å². The molecule has 7 heteroatoms. The van der Waals surface area contributed by atoms with Gasteiger partial charge in [0.2, 0.25) is 5.91 Å². The van der Waals surface area contributed by atoms with E-state index >= 15 is 0 Å². The molecule has 1 amide bonds. The molecule has 0 saturated heterocycles. The van der Waals surface area contributed by atoms with E-state index in [0.29, 0.717) is 5.13 Å². The fourth-order valence-corrected chi connectivity index (χ4v) is 2.84. The zero-order valence-corrected chi connectivity index (χ0v) is 13.0. The minimum atomic E-state index is -0.927. The Morgan fingerprint density at radius 2 is 2.00 bits per heavy atom. The van der Waals surface area contributed by atoms with E-state index in [1.165, 1.54) is 16.9 Å². The van der Waals surface area contributed by atoms with Gasteiger partial charge in [0.15, 0.2) is 5.13 Å². The summed E-state index contributed by atoms with van der Waals surface area (Å²) in [5, 5.41) is 13.6. The molecule has 1 heterocycles. The lowest BCUT2D eigenvalue weighted by Gasteiger charge is -2.00. The standard InChI is InChI=1S/C14H14N2O3S2/c1-9-2-4-10(5-3-9)11-6-21-14(15-11)16-12(17)7-20-8-13(18)19/h2-6H,7-8H2,1H3,(H,18,19)(H,15,16,17). The van der Waals surface area contributed by atoms with Gasteiger partial charge in [-0.3, -0.25) is 9.59 Å². The highest BCUT2D eigenvalue weighted by atomic mass is 32.2. The number of benzene rings is 1. The molecule has 2 rings (SSSR count). The second kappa shape index (κ2) is 7.24. The van der Waals surface area contributed by atoms with E-state index < -0.39 is 5.97 Å². The van der Waals surface area contributed by atoms with Gasteiger partial charge in [-0.1, -0.05) is 29.8 Å². The number of hydrogen-bond acceptors (Lipinski definition) is 5. The quantitative estimate of drug-likeness (QED) is 0.855. The van der Waals surface area contributed by atoms with Gasteiger partial charge in [0, 0.05) is 10.9 Å². The number of hydrogen-bond donors (Lipinski definition) is 2. The SMILES string of the molecule is Cc1ccc(-c2csc(NC(=O)CSCC(=O)O)n2)cc1. The summed E-state index contributed by atoms with van der Waals surface area (Å²) in [6.45, 7) is 2.02. The van der Waals surface area contributed by atoms with Crippen molar-refractivity contribution in [2.75, 3.05) is 16.8 Å². The van der Waals surface area contributed by atoms with Gasteiger partial charge in [-0.15, -0.1) is 23.1 Å². The molecule has 5 nitrogen and oxygen atoms in total. The predicted molar refractivity (Wildman–Crippen MR) is 85.9 cm³/mol. The number of nitrogens with one attached hydrogen (secondary N) is 1. The minimum Gasteiger partial charge on any atom is -0.481 e. The zero-order chi connectivity index (χ0) is 15.2. The van der Waals surface area contributed by atoms with Crippen molar-refractivity contribution in [3.63, 3.8) is 0 Å². The van der Waals surface area contributed by atoms with Crippen LogP contribution < -0.4 is 5.32 Å².